The molecule has 1 aliphatic rings. The Bertz CT molecular complexity index is 497. The van der Waals surface area contributed by atoms with Crippen molar-refractivity contribution in [2.24, 2.45) is 5.92 Å². The molecule has 6 nitrogen and oxygen atoms in total. The van der Waals surface area contributed by atoms with Gasteiger partial charge in [0.1, 0.15) is 0 Å². The van der Waals surface area contributed by atoms with Gasteiger partial charge in [-0.2, -0.15) is 0 Å². The maximum absolute atomic E-state index is 12.2. The van der Waals surface area contributed by atoms with Crippen LogP contribution in [-0.2, 0) is 0 Å². The van der Waals surface area contributed by atoms with Crippen molar-refractivity contribution in [2.45, 2.75) is 32.4 Å². The summed E-state index contributed by atoms with van der Waals surface area (Å²) in [5.74, 6) is 0.223. The van der Waals surface area contributed by atoms with Gasteiger partial charge in [0.05, 0.1) is 4.92 Å². The van der Waals surface area contributed by atoms with Gasteiger partial charge in [0.15, 0.2) is 0 Å². The monoisotopic (exact) mass is 313 g/mol. The van der Waals surface area contributed by atoms with E-state index in [2.05, 4.69) is 24.5 Å². The smallest absolute Gasteiger partial charge is 0.269 e. The van der Waals surface area contributed by atoms with Crippen LogP contribution in [0.15, 0.2) is 24.3 Å². The van der Waals surface area contributed by atoms with Crippen LogP contribution < -0.4 is 10.6 Å². The summed E-state index contributed by atoms with van der Waals surface area (Å²) in [4.78, 5) is 22.3. The van der Waals surface area contributed by atoms with Crippen LogP contribution in [0.3, 0.4) is 0 Å². The molecule has 2 N–H and O–H groups in total. The molecule has 116 valence electrons. The summed E-state index contributed by atoms with van der Waals surface area (Å²) in [6.07, 6.45) is 1.02. The summed E-state index contributed by atoms with van der Waals surface area (Å²) >= 11 is 0. The fraction of sp³-hybridized carbons (Fsp3) is 0.500. The van der Waals surface area contributed by atoms with Crippen LogP contribution in [0.1, 0.15) is 30.6 Å². The Hall–Kier alpha value is -1.66. The van der Waals surface area contributed by atoms with Crippen molar-refractivity contribution in [3.8, 4) is 0 Å². The molecule has 1 aliphatic heterocycles. The molecule has 1 aromatic rings. The first-order valence-corrected chi connectivity index (χ1v) is 6.77. The predicted octanol–water partition coefficient (Wildman–Crippen LogP) is 2.13. The van der Waals surface area contributed by atoms with Gasteiger partial charge in [-0.25, -0.2) is 0 Å². The molecule has 0 spiro atoms. The number of non-ortho nitro benzene ring substituents is 1. The number of carbonyl (C=O) groups is 1. The molecule has 3 atom stereocenters. The maximum Gasteiger partial charge on any atom is 0.269 e. The highest BCUT2D eigenvalue weighted by Gasteiger charge is 2.28. The molecular formula is C14H20ClN3O3. The van der Waals surface area contributed by atoms with Crippen LogP contribution in [-0.4, -0.2) is 29.5 Å². The highest BCUT2D eigenvalue weighted by Crippen LogP contribution is 2.17. The minimum atomic E-state index is -0.475. The van der Waals surface area contributed by atoms with E-state index in [9.17, 15) is 14.9 Å². The molecule has 0 radical (unpaired) electrons. The van der Waals surface area contributed by atoms with E-state index in [1.165, 1.54) is 24.3 Å². The lowest BCUT2D eigenvalue weighted by atomic mass is 9.89. The number of hydrogen-bond donors (Lipinski definition) is 2. The molecule has 0 aliphatic carbocycles. The van der Waals surface area contributed by atoms with Crippen molar-refractivity contribution in [1.29, 1.82) is 0 Å². The van der Waals surface area contributed by atoms with Crippen molar-refractivity contribution >= 4 is 24.0 Å². The lowest BCUT2D eigenvalue weighted by Gasteiger charge is -2.36. The first-order chi connectivity index (χ1) is 9.49. The number of rotatable bonds is 3. The maximum atomic E-state index is 12.2. The number of nitro groups is 1. The standard InChI is InChI=1S/C14H19N3O3.ClH/c1-9-7-8-15-10(2)13(9)16-14(18)11-3-5-12(6-4-11)17(19)20;/h3-6,9-10,13,15H,7-8H2,1-2H3,(H,16,18);1H. The Morgan fingerprint density at radius 1 is 1.33 bits per heavy atom. The molecule has 0 aromatic heterocycles. The number of halogens is 1. The van der Waals surface area contributed by atoms with E-state index < -0.39 is 4.92 Å². The SMILES string of the molecule is CC1CCNC(C)C1NC(=O)c1ccc([N+](=O)[O-])cc1.Cl. The molecule has 2 rings (SSSR count). The molecular weight excluding hydrogens is 294 g/mol. The third kappa shape index (κ3) is 4.15. The van der Waals surface area contributed by atoms with E-state index in [4.69, 9.17) is 0 Å². The van der Waals surface area contributed by atoms with E-state index in [0.29, 0.717) is 11.5 Å². The van der Waals surface area contributed by atoms with Gasteiger partial charge in [-0.05, 0) is 37.9 Å². The van der Waals surface area contributed by atoms with Crippen LogP contribution >= 0.6 is 12.4 Å². The first kappa shape index (κ1) is 17.4. The molecule has 1 aromatic carbocycles. The number of hydrogen-bond acceptors (Lipinski definition) is 4. The van der Waals surface area contributed by atoms with Gasteiger partial charge in [-0.15, -0.1) is 12.4 Å². The number of amides is 1. The number of nitrogens with zero attached hydrogens (tertiary/aromatic N) is 1. The Morgan fingerprint density at radius 3 is 2.48 bits per heavy atom. The number of benzene rings is 1. The highest BCUT2D eigenvalue weighted by molar-refractivity contribution is 5.94. The van der Waals surface area contributed by atoms with Gasteiger partial charge < -0.3 is 10.6 Å². The van der Waals surface area contributed by atoms with Crippen LogP contribution in [0.5, 0.6) is 0 Å². The zero-order valence-corrected chi connectivity index (χ0v) is 12.9. The predicted molar refractivity (Wildman–Crippen MR) is 82.8 cm³/mol. The average molecular weight is 314 g/mol. The third-order valence-corrected chi connectivity index (χ3v) is 3.86. The van der Waals surface area contributed by atoms with Gasteiger partial charge in [-0.1, -0.05) is 6.92 Å². The Balaban J connectivity index is 0.00000220. The summed E-state index contributed by atoms with van der Waals surface area (Å²) in [5, 5.41) is 16.9. The molecule has 1 fully saturated rings. The van der Waals surface area contributed by atoms with E-state index in [0.717, 1.165) is 13.0 Å². The van der Waals surface area contributed by atoms with Crippen LogP contribution in [0.2, 0.25) is 0 Å². The van der Waals surface area contributed by atoms with Crippen LogP contribution in [0.25, 0.3) is 0 Å². The van der Waals surface area contributed by atoms with Crippen molar-refractivity contribution in [1.82, 2.24) is 10.6 Å². The van der Waals surface area contributed by atoms with E-state index in [1.807, 2.05) is 0 Å². The lowest BCUT2D eigenvalue weighted by Crippen LogP contribution is -2.55. The average Bonchev–Trinajstić information content (AvgIpc) is 2.43. The van der Waals surface area contributed by atoms with Gasteiger partial charge in [0, 0.05) is 29.8 Å². The number of carbonyl (C=O) groups excluding carboxylic acids is 1. The first-order valence-electron chi connectivity index (χ1n) is 6.77. The van der Waals surface area contributed by atoms with E-state index in [-0.39, 0.29) is 36.1 Å². The summed E-state index contributed by atoms with van der Waals surface area (Å²) in [6, 6.07) is 5.96. The van der Waals surface area contributed by atoms with Crippen molar-refractivity contribution < 1.29 is 9.72 Å². The van der Waals surface area contributed by atoms with Crippen LogP contribution in [0.4, 0.5) is 5.69 Å². The normalized spacial score (nSPS) is 24.8. The van der Waals surface area contributed by atoms with Gasteiger partial charge in [0.25, 0.3) is 11.6 Å². The fourth-order valence-electron chi connectivity index (χ4n) is 2.57. The quantitative estimate of drug-likeness (QED) is 0.661. The van der Waals surface area contributed by atoms with E-state index >= 15 is 0 Å². The minimum absolute atomic E-state index is 0. The second-order valence-electron chi connectivity index (χ2n) is 5.31. The Kier molecular flexibility index (Phi) is 6.11. The van der Waals surface area contributed by atoms with Crippen molar-refractivity contribution in [2.75, 3.05) is 6.54 Å². The minimum Gasteiger partial charge on any atom is -0.347 e. The largest absolute Gasteiger partial charge is 0.347 e. The van der Waals surface area contributed by atoms with Crippen molar-refractivity contribution in [3.05, 3.63) is 39.9 Å². The summed E-state index contributed by atoms with van der Waals surface area (Å²) in [5.41, 5.74) is 0.434. The second-order valence-corrected chi connectivity index (χ2v) is 5.31. The summed E-state index contributed by atoms with van der Waals surface area (Å²) < 4.78 is 0. The number of piperidine rings is 1. The number of nitro benzene ring substituents is 1. The summed E-state index contributed by atoms with van der Waals surface area (Å²) in [7, 11) is 0. The number of nitrogens with one attached hydrogen (secondary N) is 2. The summed E-state index contributed by atoms with van der Waals surface area (Å²) in [6.45, 7) is 5.14. The zero-order valence-electron chi connectivity index (χ0n) is 12.0. The molecule has 0 bridgehead atoms. The molecule has 1 saturated heterocycles. The van der Waals surface area contributed by atoms with Gasteiger partial charge in [0.2, 0.25) is 0 Å². The molecule has 1 amide bonds. The molecule has 0 saturated carbocycles. The third-order valence-electron chi connectivity index (χ3n) is 3.86. The van der Waals surface area contributed by atoms with Crippen molar-refractivity contribution in [3.63, 3.8) is 0 Å². The molecule has 3 unspecified atom stereocenters. The highest BCUT2D eigenvalue weighted by atomic mass is 35.5. The second kappa shape index (κ2) is 7.38. The molecule has 7 heteroatoms. The fourth-order valence-corrected chi connectivity index (χ4v) is 2.57. The molecule has 21 heavy (non-hydrogen) atoms. The Morgan fingerprint density at radius 2 is 1.95 bits per heavy atom. The van der Waals surface area contributed by atoms with E-state index in [1.54, 1.807) is 0 Å². The van der Waals surface area contributed by atoms with Crippen LogP contribution in [0, 0.1) is 16.0 Å². The molecule has 1 heterocycles. The van der Waals surface area contributed by atoms with Gasteiger partial charge >= 0.3 is 0 Å². The topological polar surface area (TPSA) is 84.3 Å². The van der Waals surface area contributed by atoms with Gasteiger partial charge in [-0.3, -0.25) is 14.9 Å². The zero-order chi connectivity index (χ0) is 14.7. The lowest BCUT2D eigenvalue weighted by molar-refractivity contribution is -0.384. The Labute approximate surface area is 129 Å².